The second-order valence-corrected chi connectivity index (χ2v) is 6.80. The fourth-order valence-electron chi connectivity index (χ4n) is 3.93. The molecule has 2 aliphatic rings. The molecule has 3 nitrogen and oxygen atoms in total. The van der Waals surface area contributed by atoms with E-state index in [1.54, 1.807) is 11.0 Å². The second kappa shape index (κ2) is 7.13. The van der Waals surface area contributed by atoms with Crippen LogP contribution in [0.15, 0.2) is 24.3 Å². The second-order valence-electron chi connectivity index (χ2n) is 6.80. The van der Waals surface area contributed by atoms with E-state index in [1.807, 2.05) is 0 Å². The largest absolute Gasteiger partial charge is 0.416 e. The summed E-state index contributed by atoms with van der Waals surface area (Å²) in [5.74, 6) is 1.12. The van der Waals surface area contributed by atoms with E-state index in [-0.39, 0.29) is 17.9 Å². The lowest BCUT2D eigenvalue weighted by Crippen LogP contribution is -2.41. The molecule has 132 valence electrons. The molecule has 6 heteroatoms. The van der Waals surface area contributed by atoms with Gasteiger partial charge in [-0.25, -0.2) is 0 Å². The minimum absolute atomic E-state index is 0.0668. The van der Waals surface area contributed by atoms with Gasteiger partial charge in [0.2, 0.25) is 5.91 Å². The number of halogens is 3. The highest BCUT2D eigenvalue weighted by Gasteiger charge is 2.34. The van der Waals surface area contributed by atoms with Crippen molar-refractivity contribution in [2.75, 3.05) is 26.2 Å². The third-order valence-electron chi connectivity index (χ3n) is 5.32. The summed E-state index contributed by atoms with van der Waals surface area (Å²) in [4.78, 5) is 14.1. The lowest BCUT2D eigenvalue weighted by atomic mass is 9.83. The molecular weight excluding hydrogens is 317 g/mol. The summed E-state index contributed by atoms with van der Waals surface area (Å²) in [6.45, 7) is 3.44. The smallest absolute Gasteiger partial charge is 0.342 e. The number of alkyl halides is 3. The maximum Gasteiger partial charge on any atom is 0.416 e. The van der Waals surface area contributed by atoms with Crippen molar-refractivity contribution < 1.29 is 18.0 Å². The molecule has 0 aliphatic carbocycles. The van der Waals surface area contributed by atoms with E-state index in [0.717, 1.165) is 32.0 Å². The van der Waals surface area contributed by atoms with Crippen LogP contribution in [0.5, 0.6) is 0 Å². The first-order valence-electron chi connectivity index (χ1n) is 8.59. The van der Waals surface area contributed by atoms with Crippen molar-refractivity contribution in [1.82, 2.24) is 10.2 Å². The molecule has 1 atom stereocenters. The van der Waals surface area contributed by atoms with Gasteiger partial charge in [0.1, 0.15) is 0 Å². The van der Waals surface area contributed by atoms with Crippen molar-refractivity contribution >= 4 is 5.91 Å². The number of benzene rings is 1. The maximum atomic E-state index is 13.0. The predicted molar refractivity (Wildman–Crippen MR) is 85.4 cm³/mol. The molecule has 24 heavy (non-hydrogen) atoms. The zero-order valence-electron chi connectivity index (χ0n) is 13.6. The summed E-state index contributed by atoms with van der Waals surface area (Å²) in [5.41, 5.74) is -0.637. The van der Waals surface area contributed by atoms with Gasteiger partial charge in [-0.2, -0.15) is 13.2 Å². The molecule has 2 saturated heterocycles. The van der Waals surface area contributed by atoms with Gasteiger partial charge in [-0.05, 0) is 55.8 Å². The quantitative estimate of drug-likeness (QED) is 0.917. The van der Waals surface area contributed by atoms with Crippen LogP contribution >= 0.6 is 0 Å². The van der Waals surface area contributed by atoms with Crippen LogP contribution in [0.3, 0.4) is 0 Å². The van der Waals surface area contributed by atoms with Crippen molar-refractivity contribution in [1.29, 1.82) is 0 Å². The lowest BCUT2D eigenvalue weighted by Gasteiger charge is -2.34. The van der Waals surface area contributed by atoms with E-state index in [9.17, 15) is 18.0 Å². The lowest BCUT2D eigenvalue weighted by molar-refractivity contribution is -0.138. The summed E-state index contributed by atoms with van der Waals surface area (Å²) in [5, 5.41) is 3.37. The zero-order valence-corrected chi connectivity index (χ0v) is 13.6. The fourth-order valence-corrected chi connectivity index (χ4v) is 3.93. The van der Waals surface area contributed by atoms with Crippen LogP contribution in [-0.2, 0) is 17.4 Å². The molecule has 3 rings (SSSR count). The Morgan fingerprint density at radius 1 is 1.12 bits per heavy atom. The predicted octanol–water partition coefficient (Wildman–Crippen LogP) is 3.10. The average molecular weight is 340 g/mol. The van der Waals surface area contributed by atoms with Crippen LogP contribution in [0.2, 0.25) is 0 Å². The van der Waals surface area contributed by atoms with Crippen LogP contribution in [-0.4, -0.2) is 37.0 Å². The topological polar surface area (TPSA) is 32.3 Å². The van der Waals surface area contributed by atoms with E-state index in [0.29, 0.717) is 24.9 Å². The molecule has 1 amide bonds. The summed E-state index contributed by atoms with van der Waals surface area (Å²) in [7, 11) is 0. The zero-order chi connectivity index (χ0) is 17.2. The fraction of sp³-hybridized carbons (Fsp3) is 0.611. The average Bonchev–Trinajstić information content (AvgIpc) is 3.09. The Kier molecular flexibility index (Phi) is 5.13. The van der Waals surface area contributed by atoms with E-state index < -0.39 is 11.7 Å². The number of amides is 1. The SMILES string of the molecule is O=C(Cc1ccccc1C(F)(F)F)N1CCC(C2CCNC2)CC1. The number of hydrogen-bond donors (Lipinski definition) is 1. The van der Waals surface area contributed by atoms with Gasteiger partial charge in [0.05, 0.1) is 12.0 Å². The van der Waals surface area contributed by atoms with E-state index in [1.165, 1.54) is 18.6 Å². The monoisotopic (exact) mass is 340 g/mol. The minimum atomic E-state index is -4.42. The highest BCUT2D eigenvalue weighted by molar-refractivity contribution is 5.79. The van der Waals surface area contributed by atoms with Gasteiger partial charge < -0.3 is 10.2 Å². The van der Waals surface area contributed by atoms with Crippen molar-refractivity contribution in [3.8, 4) is 0 Å². The van der Waals surface area contributed by atoms with E-state index in [4.69, 9.17) is 0 Å². The van der Waals surface area contributed by atoms with Crippen molar-refractivity contribution in [2.24, 2.45) is 11.8 Å². The first kappa shape index (κ1) is 17.3. The number of hydrogen-bond acceptors (Lipinski definition) is 2. The van der Waals surface area contributed by atoms with Gasteiger partial charge in [0.15, 0.2) is 0 Å². The third kappa shape index (κ3) is 3.91. The highest BCUT2D eigenvalue weighted by Crippen LogP contribution is 2.33. The molecule has 1 unspecified atom stereocenters. The Labute approximate surface area is 140 Å². The number of carbonyl (C=O) groups is 1. The van der Waals surface area contributed by atoms with Crippen LogP contribution in [0.4, 0.5) is 13.2 Å². The van der Waals surface area contributed by atoms with Crippen LogP contribution in [0, 0.1) is 11.8 Å². The summed E-state index contributed by atoms with van der Waals surface area (Å²) < 4.78 is 39.1. The van der Waals surface area contributed by atoms with Gasteiger partial charge in [0, 0.05) is 13.1 Å². The molecule has 1 N–H and O–H groups in total. The number of likely N-dealkylation sites (tertiary alicyclic amines) is 1. The van der Waals surface area contributed by atoms with E-state index >= 15 is 0 Å². The summed E-state index contributed by atoms with van der Waals surface area (Å²) in [6.07, 6.45) is -1.49. The molecule has 2 aliphatic heterocycles. The molecule has 2 heterocycles. The normalized spacial score (nSPS) is 22.8. The van der Waals surface area contributed by atoms with Crippen LogP contribution < -0.4 is 5.32 Å². The molecule has 1 aromatic rings. The molecule has 0 aromatic heterocycles. The third-order valence-corrected chi connectivity index (χ3v) is 5.32. The molecule has 0 spiro atoms. The molecule has 0 saturated carbocycles. The standard InChI is InChI=1S/C18H23F3N2O/c19-18(20,21)16-4-2-1-3-14(16)11-17(24)23-9-6-13(7-10-23)15-5-8-22-12-15/h1-4,13,15,22H,5-12H2. The van der Waals surface area contributed by atoms with Gasteiger partial charge in [-0.15, -0.1) is 0 Å². The molecular formula is C18H23F3N2O. The highest BCUT2D eigenvalue weighted by atomic mass is 19.4. The van der Waals surface area contributed by atoms with Gasteiger partial charge in [-0.3, -0.25) is 4.79 Å². The van der Waals surface area contributed by atoms with Crippen molar-refractivity contribution in [3.63, 3.8) is 0 Å². The molecule has 2 fully saturated rings. The Balaban J connectivity index is 1.59. The van der Waals surface area contributed by atoms with Crippen molar-refractivity contribution in [2.45, 2.75) is 31.9 Å². The van der Waals surface area contributed by atoms with Gasteiger partial charge in [-0.1, -0.05) is 18.2 Å². The Hall–Kier alpha value is -1.56. The molecule has 0 bridgehead atoms. The molecule has 0 radical (unpaired) electrons. The van der Waals surface area contributed by atoms with E-state index in [2.05, 4.69) is 5.32 Å². The number of carbonyl (C=O) groups excluding carboxylic acids is 1. The van der Waals surface area contributed by atoms with Gasteiger partial charge in [0.25, 0.3) is 0 Å². The first-order chi connectivity index (χ1) is 11.4. The Bertz CT molecular complexity index is 574. The number of piperidine rings is 1. The minimum Gasteiger partial charge on any atom is -0.342 e. The summed E-state index contributed by atoms with van der Waals surface area (Å²) in [6, 6.07) is 5.36. The summed E-state index contributed by atoms with van der Waals surface area (Å²) >= 11 is 0. The maximum absolute atomic E-state index is 13.0. The Morgan fingerprint density at radius 2 is 1.83 bits per heavy atom. The van der Waals surface area contributed by atoms with Gasteiger partial charge >= 0.3 is 6.18 Å². The number of nitrogens with zero attached hydrogens (tertiary/aromatic N) is 1. The van der Waals surface area contributed by atoms with Crippen LogP contribution in [0.25, 0.3) is 0 Å². The van der Waals surface area contributed by atoms with Crippen LogP contribution in [0.1, 0.15) is 30.4 Å². The Morgan fingerprint density at radius 3 is 2.46 bits per heavy atom. The number of nitrogens with one attached hydrogen (secondary N) is 1. The molecule has 1 aromatic carbocycles. The van der Waals surface area contributed by atoms with Crippen molar-refractivity contribution in [3.05, 3.63) is 35.4 Å². The number of rotatable bonds is 3. The first-order valence-corrected chi connectivity index (χ1v) is 8.59.